The van der Waals surface area contributed by atoms with Gasteiger partial charge in [-0.05, 0) is 25.0 Å². The van der Waals surface area contributed by atoms with Gasteiger partial charge in [-0.1, -0.05) is 0 Å². The van der Waals surface area contributed by atoms with Crippen LogP contribution in [-0.4, -0.2) is 45.3 Å². The van der Waals surface area contributed by atoms with Crippen molar-refractivity contribution in [2.45, 2.75) is 24.0 Å². The van der Waals surface area contributed by atoms with E-state index in [1.54, 1.807) is 0 Å². The minimum absolute atomic E-state index is 0.00829. The van der Waals surface area contributed by atoms with E-state index in [4.69, 9.17) is 9.15 Å². The highest BCUT2D eigenvalue weighted by Gasteiger charge is 2.31. The predicted octanol–water partition coefficient (Wildman–Crippen LogP) is 0.892. The Morgan fingerprint density at radius 3 is 2.56 bits per heavy atom. The maximum atomic E-state index is 12.2. The van der Waals surface area contributed by atoms with Gasteiger partial charge in [-0.25, -0.2) is 8.42 Å². The number of nitrogens with zero attached hydrogens (tertiary/aromatic N) is 1. The molecule has 1 aliphatic heterocycles. The molecule has 1 aromatic heterocycles. The molecule has 0 N–H and O–H groups in total. The predicted molar refractivity (Wildman–Crippen MR) is 62.9 cm³/mol. The highest BCUT2D eigenvalue weighted by atomic mass is 32.2. The second kappa shape index (κ2) is 5.21. The summed E-state index contributed by atoms with van der Waals surface area (Å²) < 4.78 is 35.9. The molecule has 0 unspecified atom stereocenters. The molecule has 0 saturated carbocycles. The van der Waals surface area contributed by atoms with Crippen LogP contribution >= 0.6 is 0 Å². The molecule has 6 nitrogen and oxygen atoms in total. The molecular weight excluding hydrogens is 258 g/mol. The van der Waals surface area contributed by atoms with Gasteiger partial charge in [0.2, 0.25) is 5.09 Å². The third-order valence-corrected chi connectivity index (χ3v) is 4.84. The molecule has 1 aliphatic rings. The lowest BCUT2D eigenvalue weighted by molar-refractivity contribution is 0.0629. The lowest BCUT2D eigenvalue weighted by Gasteiger charge is -2.29. The van der Waals surface area contributed by atoms with Crippen LogP contribution in [-0.2, 0) is 14.8 Å². The summed E-state index contributed by atoms with van der Waals surface area (Å²) in [6.07, 6.45) is 1.81. The van der Waals surface area contributed by atoms with Crippen LogP contribution in [0.3, 0.4) is 0 Å². The van der Waals surface area contributed by atoms with E-state index in [2.05, 4.69) is 0 Å². The van der Waals surface area contributed by atoms with Crippen LogP contribution in [0, 0.1) is 0 Å². The third-order valence-electron chi connectivity index (χ3n) is 3.06. The van der Waals surface area contributed by atoms with Crippen LogP contribution < -0.4 is 0 Å². The highest BCUT2D eigenvalue weighted by Crippen LogP contribution is 2.22. The Labute approximate surface area is 106 Å². The molecular formula is C11H15NO5S. The molecule has 2 rings (SSSR count). The molecule has 0 bridgehead atoms. The first kappa shape index (κ1) is 13.3. The first-order valence-corrected chi connectivity index (χ1v) is 7.10. The maximum Gasteiger partial charge on any atom is 0.276 e. The van der Waals surface area contributed by atoms with Crippen molar-refractivity contribution < 1.29 is 22.4 Å². The summed E-state index contributed by atoms with van der Waals surface area (Å²) in [5.41, 5.74) is 0. The second-order valence-electron chi connectivity index (χ2n) is 4.14. The van der Waals surface area contributed by atoms with Gasteiger partial charge < -0.3 is 9.15 Å². The minimum atomic E-state index is -3.68. The molecule has 1 saturated heterocycles. The van der Waals surface area contributed by atoms with Gasteiger partial charge in [-0.3, -0.25) is 4.79 Å². The standard InChI is InChI=1S/C11H15NO5S/c1-12(9-4-6-16-7-5-9)18(14,15)11-3-2-10(8-13)17-11/h2-3,8-9H,4-7H2,1H3. The van der Waals surface area contributed by atoms with Crippen LogP contribution in [0.5, 0.6) is 0 Å². The number of furan rings is 1. The van der Waals surface area contributed by atoms with Crippen LogP contribution in [0.2, 0.25) is 0 Å². The number of ether oxygens (including phenoxy) is 1. The zero-order valence-electron chi connectivity index (χ0n) is 10.0. The molecule has 0 atom stereocenters. The van der Waals surface area contributed by atoms with E-state index >= 15 is 0 Å². The number of hydrogen-bond donors (Lipinski definition) is 0. The van der Waals surface area contributed by atoms with E-state index < -0.39 is 10.0 Å². The molecule has 100 valence electrons. The number of carbonyl (C=O) groups is 1. The Kier molecular flexibility index (Phi) is 3.84. The largest absolute Gasteiger partial charge is 0.440 e. The highest BCUT2D eigenvalue weighted by molar-refractivity contribution is 7.89. The van der Waals surface area contributed by atoms with Gasteiger partial charge in [0.25, 0.3) is 10.0 Å². The van der Waals surface area contributed by atoms with E-state index in [9.17, 15) is 13.2 Å². The van der Waals surface area contributed by atoms with E-state index in [0.29, 0.717) is 32.3 Å². The maximum absolute atomic E-state index is 12.2. The molecule has 0 aliphatic carbocycles. The summed E-state index contributed by atoms with van der Waals surface area (Å²) in [7, 11) is -2.15. The Hall–Kier alpha value is -1.18. The van der Waals surface area contributed by atoms with Crippen LogP contribution in [0.1, 0.15) is 23.4 Å². The van der Waals surface area contributed by atoms with E-state index in [0.717, 1.165) is 0 Å². The van der Waals surface area contributed by atoms with Gasteiger partial charge in [0.05, 0.1) is 0 Å². The number of hydrogen-bond acceptors (Lipinski definition) is 5. The lowest BCUT2D eigenvalue weighted by Crippen LogP contribution is -2.40. The average Bonchev–Trinajstić information content (AvgIpc) is 2.88. The fourth-order valence-corrected chi connectivity index (χ4v) is 3.25. The number of aldehydes is 1. The fourth-order valence-electron chi connectivity index (χ4n) is 1.92. The van der Waals surface area contributed by atoms with Crippen molar-refractivity contribution in [1.29, 1.82) is 0 Å². The first-order chi connectivity index (χ1) is 8.55. The van der Waals surface area contributed by atoms with Gasteiger partial charge in [0.1, 0.15) is 0 Å². The van der Waals surface area contributed by atoms with Crippen molar-refractivity contribution in [3.63, 3.8) is 0 Å². The number of rotatable bonds is 4. The van der Waals surface area contributed by atoms with Crippen LogP contribution in [0.25, 0.3) is 0 Å². The minimum Gasteiger partial charge on any atom is -0.440 e. The summed E-state index contributed by atoms with van der Waals surface area (Å²) in [5.74, 6) is 0.00829. The van der Waals surface area contributed by atoms with Gasteiger partial charge in [0.15, 0.2) is 12.0 Å². The van der Waals surface area contributed by atoms with Crippen molar-refractivity contribution in [2.75, 3.05) is 20.3 Å². The smallest absolute Gasteiger partial charge is 0.276 e. The first-order valence-electron chi connectivity index (χ1n) is 5.66. The molecule has 0 aromatic carbocycles. The molecule has 2 heterocycles. The van der Waals surface area contributed by atoms with Crippen LogP contribution in [0.4, 0.5) is 0 Å². The Morgan fingerprint density at radius 1 is 1.33 bits per heavy atom. The topological polar surface area (TPSA) is 76.8 Å². The average molecular weight is 273 g/mol. The monoisotopic (exact) mass is 273 g/mol. The fraction of sp³-hybridized carbons (Fsp3) is 0.545. The SMILES string of the molecule is CN(C1CCOCC1)S(=O)(=O)c1ccc(C=O)o1. The van der Waals surface area contributed by atoms with E-state index in [-0.39, 0.29) is 16.9 Å². The Bertz CT molecular complexity index is 515. The van der Waals surface area contributed by atoms with Gasteiger partial charge in [-0.15, -0.1) is 0 Å². The van der Waals surface area contributed by atoms with Crippen molar-refractivity contribution in [3.8, 4) is 0 Å². The van der Waals surface area contributed by atoms with Gasteiger partial charge >= 0.3 is 0 Å². The van der Waals surface area contributed by atoms with Crippen molar-refractivity contribution in [1.82, 2.24) is 4.31 Å². The molecule has 7 heteroatoms. The summed E-state index contributed by atoms with van der Waals surface area (Å²) >= 11 is 0. The van der Waals surface area contributed by atoms with E-state index in [1.807, 2.05) is 0 Å². The zero-order valence-corrected chi connectivity index (χ0v) is 10.9. The summed E-state index contributed by atoms with van der Waals surface area (Å²) in [6, 6.07) is 2.56. The van der Waals surface area contributed by atoms with Gasteiger partial charge in [0, 0.05) is 26.3 Å². The van der Waals surface area contributed by atoms with E-state index in [1.165, 1.54) is 23.5 Å². The molecule has 1 fully saturated rings. The zero-order chi connectivity index (χ0) is 13.2. The summed E-state index contributed by atoms with van der Waals surface area (Å²) in [4.78, 5) is 10.5. The summed E-state index contributed by atoms with van der Waals surface area (Å²) in [6.45, 7) is 1.12. The molecule has 18 heavy (non-hydrogen) atoms. The Morgan fingerprint density at radius 2 is 2.00 bits per heavy atom. The Balaban J connectivity index is 2.21. The third kappa shape index (κ3) is 2.47. The molecule has 0 radical (unpaired) electrons. The van der Waals surface area contributed by atoms with Crippen molar-refractivity contribution in [2.24, 2.45) is 0 Å². The normalized spacial score (nSPS) is 18.1. The van der Waals surface area contributed by atoms with Gasteiger partial charge in [-0.2, -0.15) is 4.31 Å². The summed E-state index contributed by atoms with van der Waals surface area (Å²) in [5, 5.41) is -0.196. The lowest BCUT2D eigenvalue weighted by atomic mass is 10.1. The number of carbonyl (C=O) groups excluding carboxylic acids is 1. The van der Waals surface area contributed by atoms with Crippen LogP contribution in [0.15, 0.2) is 21.6 Å². The molecule has 1 aromatic rings. The number of sulfonamides is 1. The second-order valence-corrected chi connectivity index (χ2v) is 6.07. The van der Waals surface area contributed by atoms with Crippen molar-refractivity contribution >= 4 is 16.3 Å². The molecule has 0 spiro atoms. The van der Waals surface area contributed by atoms with Crippen molar-refractivity contribution in [3.05, 3.63) is 17.9 Å². The quantitative estimate of drug-likeness (QED) is 0.761. The molecule has 0 amide bonds.